The number of carbonyl (C=O) groups excluding carboxylic acids is 1. The Morgan fingerprint density at radius 1 is 1.35 bits per heavy atom. The quantitative estimate of drug-likeness (QED) is 0.407. The van der Waals surface area contributed by atoms with Crippen LogP contribution in [0.5, 0.6) is 0 Å². The van der Waals surface area contributed by atoms with E-state index in [4.69, 9.17) is 0 Å². The zero-order valence-corrected chi connectivity index (χ0v) is 15.6. The van der Waals surface area contributed by atoms with Gasteiger partial charge < -0.3 is 4.57 Å². The minimum absolute atomic E-state index is 0.0709. The van der Waals surface area contributed by atoms with Gasteiger partial charge in [0.15, 0.2) is 20.8 Å². The van der Waals surface area contributed by atoms with Crippen LogP contribution in [0.2, 0.25) is 0 Å². The molecule has 1 aliphatic heterocycles. The summed E-state index contributed by atoms with van der Waals surface area (Å²) < 4.78 is 38.2. The van der Waals surface area contributed by atoms with E-state index in [1.807, 2.05) is 0 Å². The minimum atomic E-state index is -3.03. The molecule has 2 heterocycles. The molecule has 26 heavy (non-hydrogen) atoms. The molecule has 0 N–H and O–H groups in total. The molecule has 0 aliphatic carbocycles. The van der Waals surface area contributed by atoms with E-state index in [2.05, 4.69) is 16.8 Å². The summed E-state index contributed by atoms with van der Waals surface area (Å²) in [6.07, 6.45) is 2.21. The number of thioether (sulfide) groups is 1. The van der Waals surface area contributed by atoms with E-state index in [0.717, 1.165) is 0 Å². The van der Waals surface area contributed by atoms with Gasteiger partial charge in [-0.1, -0.05) is 17.8 Å². The van der Waals surface area contributed by atoms with Crippen molar-refractivity contribution in [1.82, 2.24) is 14.8 Å². The second-order valence-corrected chi connectivity index (χ2v) is 9.23. The number of nitrogens with zero attached hydrogens (tertiary/aromatic N) is 3. The van der Waals surface area contributed by atoms with Crippen molar-refractivity contribution in [1.29, 1.82) is 0 Å². The molecule has 0 saturated carbocycles. The number of aromatic nitrogens is 3. The highest BCUT2D eigenvalue weighted by atomic mass is 32.2. The molecule has 1 aromatic heterocycles. The van der Waals surface area contributed by atoms with Crippen LogP contribution in [0, 0.1) is 5.82 Å². The van der Waals surface area contributed by atoms with E-state index in [0.29, 0.717) is 29.5 Å². The van der Waals surface area contributed by atoms with Gasteiger partial charge in [0, 0.05) is 18.0 Å². The van der Waals surface area contributed by atoms with Crippen LogP contribution in [-0.2, 0) is 16.4 Å². The lowest BCUT2D eigenvalue weighted by Crippen LogP contribution is -2.12. The van der Waals surface area contributed by atoms with E-state index in [-0.39, 0.29) is 29.0 Å². The summed E-state index contributed by atoms with van der Waals surface area (Å²) >= 11 is 1.22. The van der Waals surface area contributed by atoms with Crippen LogP contribution in [-0.4, -0.2) is 46.2 Å². The molecular formula is C17H18FN3O3S2. The van der Waals surface area contributed by atoms with Crippen molar-refractivity contribution in [3.63, 3.8) is 0 Å². The zero-order valence-electron chi connectivity index (χ0n) is 14.0. The number of sulfone groups is 1. The van der Waals surface area contributed by atoms with Crippen LogP contribution in [0.4, 0.5) is 4.39 Å². The minimum Gasteiger partial charge on any atom is -0.302 e. The van der Waals surface area contributed by atoms with E-state index in [1.165, 1.54) is 36.0 Å². The highest BCUT2D eigenvalue weighted by Crippen LogP contribution is 2.30. The second-order valence-electron chi connectivity index (χ2n) is 6.06. The number of Topliss-reactive ketones (excluding diaryl/α,β-unsaturated/α-hetero) is 1. The van der Waals surface area contributed by atoms with Gasteiger partial charge in [-0.3, -0.25) is 4.79 Å². The maximum Gasteiger partial charge on any atom is 0.191 e. The molecule has 2 aromatic rings. The Balaban J connectivity index is 1.74. The largest absolute Gasteiger partial charge is 0.302 e. The summed E-state index contributed by atoms with van der Waals surface area (Å²) in [6.45, 7) is 4.15. The van der Waals surface area contributed by atoms with Crippen molar-refractivity contribution in [2.24, 2.45) is 0 Å². The van der Waals surface area contributed by atoms with Crippen molar-refractivity contribution >= 4 is 27.4 Å². The summed E-state index contributed by atoms with van der Waals surface area (Å²) in [5, 5.41) is 8.83. The molecule has 9 heteroatoms. The van der Waals surface area contributed by atoms with Gasteiger partial charge in [0.1, 0.15) is 11.6 Å². The molecule has 0 unspecified atom stereocenters. The molecule has 1 aliphatic rings. The van der Waals surface area contributed by atoms with Gasteiger partial charge in [0.05, 0.1) is 17.3 Å². The second kappa shape index (κ2) is 7.71. The highest BCUT2D eigenvalue weighted by molar-refractivity contribution is 7.99. The monoisotopic (exact) mass is 395 g/mol. The van der Waals surface area contributed by atoms with Gasteiger partial charge >= 0.3 is 0 Å². The maximum absolute atomic E-state index is 13.0. The topological polar surface area (TPSA) is 81.9 Å². The molecule has 6 nitrogen and oxygen atoms in total. The predicted molar refractivity (Wildman–Crippen MR) is 97.7 cm³/mol. The van der Waals surface area contributed by atoms with Gasteiger partial charge in [-0.05, 0) is 30.7 Å². The normalized spacial score (nSPS) is 18.7. The molecule has 0 bridgehead atoms. The van der Waals surface area contributed by atoms with Gasteiger partial charge in [-0.15, -0.1) is 16.8 Å². The Hall–Kier alpha value is -2.00. The fraction of sp³-hybridized carbons (Fsp3) is 0.353. The van der Waals surface area contributed by atoms with E-state index >= 15 is 0 Å². The van der Waals surface area contributed by atoms with Crippen molar-refractivity contribution in [2.45, 2.75) is 24.0 Å². The fourth-order valence-corrected chi connectivity index (χ4v) is 5.45. The summed E-state index contributed by atoms with van der Waals surface area (Å²) in [4.78, 5) is 12.2. The Morgan fingerprint density at radius 2 is 2.08 bits per heavy atom. The third kappa shape index (κ3) is 4.21. The maximum atomic E-state index is 13.0. The van der Waals surface area contributed by atoms with Crippen molar-refractivity contribution in [3.8, 4) is 0 Å². The molecule has 1 saturated heterocycles. The lowest BCUT2D eigenvalue weighted by atomic mass is 10.1. The lowest BCUT2D eigenvalue weighted by molar-refractivity contribution is 0.102. The molecule has 1 fully saturated rings. The van der Waals surface area contributed by atoms with Crippen LogP contribution in [0.15, 0.2) is 42.1 Å². The van der Waals surface area contributed by atoms with Crippen LogP contribution in [0.25, 0.3) is 0 Å². The average molecular weight is 395 g/mol. The number of halogens is 1. The molecule has 1 atom stereocenters. The Labute approximate surface area is 155 Å². The van der Waals surface area contributed by atoms with Crippen LogP contribution in [0.1, 0.15) is 28.5 Å². The lowest BCUT2D eigenvalue weighted by Gasteiger charge is -2.11. The first-order valence-electron chi connectivity index (χ1n) is 8.05. The van der Waals surface area contributed by atoms with Crippen molar-refractivity contribution in [3.05, 3.63) is 54.1 Å². The Kier molecular flexibility index (Phi) is 5.57. The van der Waals surface area contributed by atoms with Gasteiger partial charge in [-0.25, -0.2) is 12.8 Å². The van der Waals surface area contributed by atoms with Crippen molar-refractivity contribution in [2.75, 3.05) is 17.3 Å². The molecule has 1 aromatic carbocycles. The number of ketones is 1. The molecular weight excluding hydrogens is 377 g/mol. The molecule has 3 rings (SSSR count). The first kappa shape index (κ1) is 18.8. The smallest absolute Gasteiger partial charge is 0.191 e. The number of rotatable bonds is 7. The number of allylic oxidation sites excluding steroid dienone is 1. The molecule has 138 valence electrons. The van der Waals surface area contributed by atoms with E-state index < -0.39 is 15.7 Å². The number of hydrogen-bond donors (Lipinski definition) is 0. The highest BCUT2D eigenvalue weighted by Gasteiger charge is 2.33. The Morgan fingerprint density at radius 3 is 2.69 bits per heavy atom. The number of carbonyl (C=O) groups is 1. The fourth-order valence-electron chi connectivity index (χ4n) is 2.86. The standard InChI is InChI=1S/C17H18FN3O3S2/c1-2-8-21-16(13-7-9-26(23,24)11-13)19-20-17(21)25-10-15(22)12-3-5-14(18)6-4-12/h2-6,13H,1,7-11H2/t13-/m1/s1. The molecule has 0 radical (unpaired) electrons. The first-order chi connectivity index (χ1) is 12.4. The molecule has 0 amide bonds. The third-order valence-electron chi connectivity index (χ3n) is 4.15. The van der Waals surface area contributed by atoms with E-state index in [9.17, 15) is 17.6 Å². The molecule has 0 spiro atoms. The number of benzene rings is 1. The summed E-state index contributed by atoms with van der Waals surface area (Å²) in [6, 6.07) is 5.39. The zero-order chi connectivity index (χ0) is 18.7. The third-order valence-corrected chi connectivity index (χ3v) is 6.89. The van der Waals surface area contributed by atoms with Crippen LogP contribution >= 0.6 is 11.8 Å². The van der Waals surface area contributed by atoms with E-state index in [1.54, 1.807) is 10.6 Å². The SMILES string of the molecule is C=CCn1c(SCC(=O)c2ccc(F)cc2)nnc1[C@@H]1CCS(=O)(=O)C1. The Bertz CT molecular complexity index is 923. The van der Waals surface area contributed by atoms with Crippen LogP contribution < -0.4 is 0 Å². The van der Waals surface area contributed by atoms with Gasteiger partial charge in [-0.2, -0.15) is 0 Å². The predicted octanol–water partition coefficient (Wildman–Crippen LogP) is 2.48. The summed E-state index contributed by atoms with van der Waals surface area (Å²) in [5.41, 5.74) is 0.427. The van der Waals surface area contributed by atoms with Crippen molar-refractivity contribution < 1.29 is 17.6 Å². The summed E-state index contributed by atoms with van der Waals surface area (Å²) in [7, 11) is -3.03. The first-order valence-corrected chi connectivity index (χ1v) is 10.9. The van der Waals surface area contributed by atoms with Crippen LogP contribution in [0.3, 0.4) is 0 Å². The average Bonchev–Trinajstić information content (AvgIpc) is 3.16. The van der Waals surface area contributed by atoms with Gasteiger partial charge in [0.25, 0.3) is 0 Å². The number of hydrogen-bond acceptors (Lipinski definition) is 6. The summed E-state index contributed by atoms with van der Waals surface area (Å²) in [5.74, 6) is 0.247. The van der Waals surface area contributed by atoms with Gasteiger partial charge in [0.2, 0.25) is 0 Å².